The van der Waals surface area contributed by atoms with Crippen LogP contribution in [0.25, 0.3) is 0 Å². The topological polar surface area (TPSA) is 41.5 Å². The van der Waals surface area contributed by atoms with Gasteiger partial charge in [0, 0.05) is 16.7 Å². The lowest BCUT2D eigenvalue weighted by molar-refractivity contribution is -0.0134. The van der Waals surface area contributed by atoms with Gasteiger partial charge < -0.3 is 0 Å². The highest BCUT2D eigenvalue weighted by molar-refractivity contribution is 5.96. The predicted molar refractivity (Wildman–Crippen MR) is 111 cm³/mol. The van der Waals surface area contributed by atoms with Crippen molar-refractivity contribution in [3.8, 4) is 0 Å². The van der Waals surface area contributed by atoms with E-state index in [-0.39, 0.29) is 16.7 Å². The third-order valence-corrected chi connectivity index (χ3v) is 7.29. The fourth-order valence-corrected chi connectivity index (χ4v) is 6.34. The second kappa shape index (κ2) is 6.76. The van der Waals surface area contributed by atoms with Gasteiger partial charge >= 0.3 is 0 Å². The summed E-state index contributed by atoms with van der Waals surface area (Å²) >= 11 is 0. The van der Waals surface area contributed by atoms with Gasteiger partial charge in [-0.2, -0.15) is 5.10 Å². The van der Waals surface area contributed by atoms with Crippen LogP contribution in [0.2, 0.25) is 0 Å². The third kappa shape index (κ3) is 3.58. The maximum absolute atomic E-state index is 12.6. The summed E-state index contributed by atoms with van der Waals surface area (Å²) in [5, 5.41) is 4.70. The van der Waals surface area contributed by atoms with Gasteiger partial charge in [0.05, 0.1) is 0 Å². The molecule has 1 aromatic carbocycles. The molecule has 4 saturated carbocycles. The second-order valence-corrected chi connectivity index (χ2v) is 10.4. The number of nitrogens with one attached hydrogen (secondary N) is 1. The van der Waals surface area contributed by atoms with Crippen molar-refractivity contribution in [2.75, 3.05) is 0 Å². The molecule has 4 aliphatic carbocycles. The molecule has 3 nitrogen and oxygen atoms in total. The Morgan fingerprint density at radius 3 is 2.00 bits per heavy atom. The first-order chi connectivity index (χ1) is 12.8. The standard InChI is InChI=1S/C24H34N2O/c1-5-21(24-13-16-10-17(14-24)12-18(11-16)15-24)25-26-22(27)19-6-8-20(9-7-19)23(2,3)4/h6-9,16-18H,5,10-15H2,1-4H3,(H,26,27). The molecule has 0 radical (unpaired) electrons. The minimum atomic E-state index is -0.0915. The maximum atomic E-state index is 12.6. The largest absolute Gasteiger partial charge is 0.271 e. The number of nitrogens with zero attached hydrogens (tertiary/aromatic N) is 1. The average Bonchev–Trinajstić information content (AvgIpc) is 2.60. The van der Waals surface area contributed by atoms with Crippen LogP contribution in [-0.4, -0.2) is 11.6 Å². The van der Waals surface area contributed by atoms with E-state index < -0.39 is 0 Å². The Morgan fingerprint density at radius 2 is 1.56 bits per heavy atom. The zero-order valence-electron chi connectivity index (χ0n) is 17.3. The van der Waals surface area contributed by atoms with Crippen LogP contribution in [0, 0.1) is 23.2 Å². The Kier molecular flexibility index (Phi) is 4.68. The van der Waals surface area contributed by atoms with Gasteiger partial charge in [0.25, 0.3) is 5.91 Å². The van der Waals surface area contributed by atoms with Crippen LogP contribution in [0.5, 0.6) is 0 Å². The molecule has 3 heteroatoms. The number of rotatable bonds is 4. The number of amides is 1. The highest BCUT2D eigenvalue weighted by Crippen LogP contribution is 2.60. The molecule has 0 atom stereocenters. The van der Waals surface area contributed by atoms with E-state index in [4.69, 9.17) is 5.10 Å². The molecule has 146 valence electrons. The van der Waals surface area contributed by atoms with E-state index in [9.17, 15) is 4.79 Å². The van der Waals surface area contributed by atoms with E-state index in [0.29, 0.717) is 5.56 Å². The number of hydrogen-bond acceptors (Lipinski definition) is 2. The van der Waals surface area contributed by atoms with Crippen molar-refractivity contribution in [2.45, 2.75) is 78.1 Å². The monoisotopic (exact) mass is 366 g/mol. The first-order valence-corrected chi connectivity index (χ1v) is 10.8. The molecular weight excluding hydrogens is 332 g/mol. The highest BCUT2D eigenvalue weighted by atomic mass is 16.2. The van der Waals surface area contributed by atoms with Gasteiger partial charge in [-0.05, 0) is 85.8 Å². The molecule has 0 spiro atoms. The summed E-state index contributed by atoms with van der Waals surface area (Å²) in [6.07, 6.45) is 9.12. The van der Waals surface area contributed by atoms with Gasteiger partial charge in [0.2, 0.25) is 0 Å². The zero-order chi connectivity index (χ0) is 19.2. The molecule has 1 N–H and O–H groups in total. The number of carbonyl (C=O) groups is 1. The molecule has 4 fully saturated rings. The minimum absolute atomic E-state index is 0.0915. The van der Waals surface area contributed by atoms with Crippen molar-refractivity contribution < 1.29 is 4.79 Å². The van der Waals surface area contributed by atoms with Gasteiger partial charge in [-0.15, -0.1) is 0 Å². The summed E-state index contributed by atoms with van der Waals surface area (Å²) in [4.78, 5) is 12.6. The molecule has 1 aromatic rings. The molecule has 0 aliphatic heterocycles. The Labute approximate surface area is 164 Å². The zero-order valence-corrected chi connectivity index (χ0v) is 17.3. The van der Waals surface area contributed by atoms with Crippen molar-refractivity contribution in [2.24, 2.45) is 28.3 Å². The van der Waals surface area contributed by atoms with Crippen molar-refractivity contribution in [1.29, 1.82) is 0 Å². The predicted octanol–water partition coefficient (Wildman–Crippen LogP) is 5.70. The fraction of sp³-hybridized carbons (Fsp3) is 0.667. The summed E-state index contributed by atoms with van der Waals surface area (Å²) < 4.78 is 0. The van der Waals surface area contributed by atoms with Crippen molar-refractivity contribution in [3.05, 3.63) is 35.4 Å². The van der Waals surface area contributed by atoms with Crippen LogP contribution < -0.4 is 5.43 Å². The molecule has 0 aromatic heterocycles. The van der Waals surface area contributed by atoms with Gasteiger partial charge in [0.1, 0.15) is 0 Å². The smallest absolute Gasteiger partial charge is 0.267 e. The number of hydrazone groups is 1. The van der Waals surface area contributed by atoms with E-state index in [1.807, 2.05) is 12.1 Å². The highest BCUT2D eigenvalue weighted by Gasteiger charge is 2.52. The summed E-state index contributed by atoms with van der Waals surface area (Å²) in [7, 11) is 0. The molecule has 27 heavy (non-hydrogen) atoms. The lowest BCUT2D eigenvalue weighted by Gasteiger charge is -2.57. The summed E-state index contributed by atoms with van der Waals surface area (Å²) in [6.45, 7) is 8.75. The second-order valence-electron chi connectivity index (χ2n) is 10.4. The minimum Gasteiger partial charge on any atom is -0.267 e. The molecule has 0 saturated heterocycles. The Balaban J connectivity index is 1.48. The average molecular weight is 367 g/mol. The normalized spacial score (nSPS) is 32.6. The Morgan fingerprint density at radius 1 is 1.04 bits per heavy atom. The third-order valence-electron chi connectivity index (χ3n) is 7.29. The van der Waals surface area contributed by atoms with Crippen LogP contribution in [-0.2, 0) is 5.41 Å². The molecule has 0 unspecified atom stereocenters. The molecule has 0 heterocycles. The van der Waals surface area contributed by atoms with Gasteiger partial charge in [-0.25, -0.2) is 5.43 Å². The Bertz CT molecular complexity index is 703. The van der Waals surface area contributed by atoms with Crippen LogP contribution in [0.4, 0.5) is 0 Å². The SMILES string of the molecule is CCC(=NNC(=O)c1ccc(C(C)(C)C)cc1)C12CC3CC(CC(C3)C1)C2. The first-order valence-electron chi connectivity index (χ1n) is 10.8. The number of hydrogen-bond donors (Lipinski definition) is 1. The van der Waals surface area contributed by atoms with E-state index in [1.165, 1.54) is 49.8 Å². The van der Waals surface area contributed by atoms with E-state index in [2.05, 4.69) is 45.3 Å². The van der Waals surface area contributed by atoms with E-state index in [1.54, 1.807) is 0 Å². The van der Waals surface area contributed by atoms with Crippen molar-refractivity contribution in [3.63, 3.8) is 0 Å². The molecule has 4 aliphatic rings. The Hall–Kier alpha value is -1.64. The van der Waals surface area contributed by atoms with E-state index in [0.717, 1.165) is 24.2 Å². The van der Waals surface area contributed by atoms with Crippen LogP contribution >= 0.6 is 0 Å². The van der Waals surface area contributed by atoms with Crippen LogP contribution in [0.3, 0.4) is 0 Å². The van der Waals surface area contributed by atoms with E-state index >= 15 is 0 Å². The van der Waals surface area contributed by atoms with Gasteiger partial charge in [0.15, 0.2) is 0 Å². The molecular formula is C24H34N2O. The summed E-state index contributed by atoms with van der Waals surface area (Å²) in [5.41, 5.74) is 6.42. The molecule has 1 amide bonds. The molecule has 5 rings (SSSR count). The van der Waals surface area contributed by atoms with Crippen LogP contribution in [0.1, 0.15) is 88.6 Å². The molecule has 4 bridgehead atoms. The van der Waals surface area contributed by atoms with Crippen molar-refractivity contribution in [1.82, 2.24) is 5.43 Å². The summed E-state index contributed by atoms with van der Waals surface area (Å²) in [6, 6.07) is 7.94. The number of carbonyl (C=O) groups excluding carboxylic acids is 1. The lowest BCUT2D eigenvalue weighted by Crippen LogP contribution is -2.50. The van der Waals surface area contributed by atoms with Crippen LogP contribution in [0.15, 0.2) is 29.4 Å². The summed E-state index contributed by atoms with van der Waals surface area (Å²) in [5.74, 6) is 2.60. The van der Waals surface area contributed by atoms with Gasteiger partial charge in [-0.1, -0.05) is 39.8 Å². The van der Waals surface area contributed by atoms with Gasteiger partial charge in [-0.3, -0.25) is 4.79 Å². The quantitative estimate of drug-likeness (QED) is 0.539. The lowest BCUT2D eigenvalue weighted by atomic mass is 9.48. The number of benzene rings is 1. The first kappa shape index (κ1) is 18.7. The maximum Gasteiger partial charge on any atom is 0.271 e. The fourth-order valence-electron chi connectivity index (χ4n) is 6.34. The van der Waals surface area contributed by atoms with Crippen molar-refractivity contribution >= 4 is 11.6 Å².